The average Bonchev–Trinajstić information content (AvgIpc) is 2.42. The van der Waals surface area contributed by atoms with Crippen molar-refractivity contribution in [3.05, 3.63) is 0 Å². The van der Waals surface area contributed by atoms with Crippen molar-refractivity contribution in [3.8, 4) is 0 Å². The highest BCUT2D eigenvalue weighted by Gasteiger charge is 2.29. The molecule has 2 atom stereocenters. The molecule has 1 saturated heterocycles. The van der Waals surface area contributed by atoms with Crippen molar-refractivity contribution in [2.75, 3.05) is 19.6 Å². The number of hydrogen-bond acceptors (Lipinski definition) is 3. The molecule has 2 amide bonds. The third-order valence-electron chi connectivity index (χ3n) is 3.83. The molecule has 0 aromatic rings. The number of rotatable bonds is 7. The summed E-state index contributed by atoms with van der Waals surface area (Å²) in [6.45, 7) is 5.77. The number of amides is 2. The lowest BCUT2D eigenvalue weighted by Gasteiger charge is -2.32. The van der Waals surface area contributed by atoms with E-state index >= 15 is 0 Å². The quantitative estimate of drug-likeness (QED) is 0.720. The van der Waals surface area contributed by atoms with Crippen molar-refractivity contribution >= 4 is 11.8 Å². The number of unbranched alkanes of at least 4 members (excludes halogenated alkanes) is 1. The predicted octanol–water partition coefficient (Wildman–Crippen LogP) is 0.879. The maximum absolute atomic E-state index is 12.5. The van der Waals surface area contributed by atoms with Gasteiger partial charge in [-0.1, -0.05) is 26.7 Å². The van der Waals surface area contributed by atoms with Crippen molar-refractivity contribution < 1.29 is 9.59 Å². The molecule has 0 radical (unpaired) electrons. The summed E-state index contributed by atoms with van der Waals surface area (Å²) in [5, 5.41) is 3.27. The van der Waals surface area contributed by atoms with Gasteiger partial charge in [0.25, 0.3) is 0 Å². The van der Waals surface area contributed by atoms with Crippen LogP contribution in [-0.4, -0.2) is 42.4 Å². The number of primary amides is 1. The number of hydrogen-bond donors (Lipinski definition) is 2. The Bertz CT molecular complexity index is 307. The van der Waals surface area contributed by atoms with Gasteiger partial charge in [0.2, 0.25) is 11.8 Å². The van der Waals surface area contributed by atoms with Gasteiger partial charge in [0.1, 0.15) is 0 Å². The lowest BCUT2D eigenvalue weighted by atomic mass is 9.90. The summed E-state index contributed by atoms with van der Waals surface area (Å²) in [7, 11) is 0. The molecule has 1 fully saturated rings. The first-order valence-corrected chi connectivity index (χ1v) is 7.38. The molecule has 1 heterocycles. The standard InChI is InChI=1S/C14H27N3O2/c1-3-5-8-17(10-13(15)18)14(19)12-9-11(4-2)6-7-16-12/h11-12,16H,3-10H2,1-2H3,(H2,15,18). The third kappa shape index (κ3) is 5.19. The molecule has 0 aromatic carbocycles. The average molecular weight is 269 g/mol. The normalized spacial score (nSPS) is 23.1. The van der Waals surface area contributed by atoms with Gasteiger partial charge in [0.05, 0.1) is 12.6 Å². The van der Waals surface area contributed by atoms with Gasteiger partial charge < -0.3 is 16.0 Å². The van der Waals surface area contributed by atoms with Crippen LogP contribution >= 0.6 is 0 Å². The van der Waals surface area contributed by atoms with E-state index < -0.39 is 5.91 Å². The van der Waals surface area contributed by atoms with Gasteiger partial charge in [0, 0.05) is 6.54 Å². The molecule has 1 aliphatic heterocycles. The molecule has 110 valence electrons. The third-order valence-corrected chi connectivity index (χ3v) is 3.83. The number of nitrogens with one attached hydrogen (secondary N) is 1. The predicted molar refractivity (Wildman–Crippen MR) is 75.5 cm³/mol. The molecule has 1 rings (SSSR count). The largest absolute Gasteiger partial charge is 0.368 e. The summed E-state index contributed by atoms with van der Waals surface area (Å²) < 4.78 is 0. The minimum absolute atomic E-state index is 0.0328. The fraction of sp³-hybridized carbons (Fsp3) is 0.857. The monoisotopic (exact) mass is 269 g/mol. The van der Waals surface area contributed by atoms with Crippen molar-refractivity contribution in [1.29, 1.82) is 0 Å². The Balaban J connectivity index is 2.60. The number of carbonyl (C=O) groups excluding carboxylic acids is 2. The van der Waals surface area contributed by atoms with Crippen molar-refractivity contribution in [3.63, 3.8) is 0 Å². The number of nitrogens with zero attached hydrogens (tertiary/aromatic N) is 1. The van der Waals surface area contributed by atoms with E-state index in [1.54, 1.807) is 4.90 Å². The van der Waals surface area contributed by atoms with Gasteiger partial charge in [-0.3, -0.25) is 9.59 Å². The van der Waals surface area contributed by atoms with Crippen molar-refractivity contribution in [1.82, 2.24) is 10.2 Å². The minimum atomic E-state index is -0.438. The van der Waals surface area contributed by atoms with Gasteiger partial charge in [0.15, 0.2) is 0 Å². The Kier molecular flexibility index (Phi) is 6.84. The number of piperidine rings is 1. The highest BCUT2D eigenvalue weighted by molar-refractivity contribution is 5.87. The van der Waals surface area contributed by atoms with Crippen LogP contribution in [-0.2, 0) is 9.59 Å². The molecule has 5 heteroatoms. The highest BCUT2D eigenvalue weighted by atomic mass is 16.2. The van der Waals surface area contributed by atoms with Crippen LogP contribution in [0.4, 0.5) is 0 Å². The lowest BCUT2D eigenvalue weighted by molar-refractivity contribution is -0.138. The summed E-state index contributed by atoms with van der Waals surface area (Å²) in [5.74, 6) is 0.203. The molecule has 0 spiro atoms. The Morgan fingerprint density at radius 1 is 1.37 bits per heavy atom. The molecule has 3 N–H and O–H groups in total. The van der Waals surface area contributed by atoms with Gasteiger partial charge in [-0.05, 0) is 31.7 Å². The number of carbonyl (C=O) groups is 2. The Hall–Kier alpha value is -1.10. The zero-order chi connectivity index (χ0) is 14.3. The van der Waals surface area contributed by atoms with Crippen LogP contribution < -0.4 is 11.1 Å². The first-order chi connectivity index (χ1) is 9.08. The minimum Gasteiger partial charge on any atom is -0.368 e. The van der Waals surface area contributed by atoms with E-state index in [1.807, 2.05) is 0 Å². The van der Waals surface area contributed by atoms with Gasteiger partial charge >= 0.3 is 0 Å². The van der Waals surface area contributed by atoms with E-state index in [1.165, 1.54) is 0 Å². The molecule has 0 saturated carbocycles. The first kappa shape index (κ1) is 16.0. The second-order valence-electron chi connectivity index (χ2n) is 5.39. The molecule has 5 nitrogen and oxygen atoms in total. The summed E-state index contributed by atoms with van der Waals surface area (Å²) in [4.78, 5) is 25.2. The fourth-order valence-electron chi connectivity index (χ4n) is 2.58. The van der Waals surface area contributed by atoms with Gasteiger partial charge in [-0.2, -0.15) is 0 Å². The van der Waals surface area contributed by atoms with Gasteiger partial charge in [-0.25, -0.2) is 0 Å². The molecular formula is C14H27N3O2. The van der Waals surface area contributed by atoms with E-state index in [0.717, 1.165) is 38.6 Å². The van der Waals surface area contributed by atoms with E-state index in [9.17, 15) is 9.59 Å². The molecule has 1 aliphatic rings. The summed E-state index contributed by atoms with van der Waals surface area (Å²) in [6.07, 6.45) is 5.01. The van der Waals surface area contributed by atoms with E-state index in [2.05, 4.69) is 19.2 Å². The van der Waals surface area contributed by atoms with Crippen LogP contribution in [0.15, 0.2) is 0 Å². The first-order valence-electron chi connectivity index (χ1n) is 7.38. The van der Waals surface area contributed by atoms with E-state index in [-0.39, 0.29) is 18.5 Å². The Morgan fingerprint density at radius 2 is 2.11 bits per heavy atom. The second kappa shape index (κ2) is 8.15. The Labute approximate surface area is 115 Å². The number of nitrogens with two attached hydrogens (primary N) is 1. The summed E-state index contributed by atoms with van der Waals surface area (Å²) in [5.41, 5.74) is 5.23. The SMILES string of the molecule is CCCCN(CC(N)=O)C(=O)C1CC(CC)CCN1. The summed E-state index contributed by atoms with van der Waals surface area (Å²) in [6, 6.07) is -0.144. The van der Waals surface area contributed by atoms with Crippen molar-refractivity contribution in [2.45, 2.75) is 52.0 Å². The maximum atomic E-state index is 12.5. The van der Waals surface area contributed by atoms with Crippen LogP contribution in [0.1, 0.15) is 46.0 Å². The van der Waals surface area contributed by atoms with Crippen LogP contribution in [0.3, 0.4) is 0 Å². The molecule has 0 bridgehead atoms. The molecule has 0 aromatic heterocycles. The molecular weight excluding hydrogens is 242 g/mol. The van der Waals surface area contributed by atoms with E-state index in [0.29, 0.717) is 12.5 Å². The van der Waals surface area contributed by atoms with Crippen LogP contribution in [0.5, 0.6) is 0 Å². The molecule has 19 heavy (non-hydrogen) atoms. The van der Waals surface area contributed by atoms with Crippen molar-refractivity contribution in [2.24, 2.45) is 11.7 Å². The van der Waals surface area contributed by atoms with Gasteiger partial charge in [-0.15, -0.1) is 0 Å². The van der Waals surface area contributed by atoms with Crippen LogP contribution in [0.2, 0.25) is 0 Å². The van der Waals surface area contributed by atoms with Crippen LogP contribution in [0, 0.1) is 5.92 Å². The Morgan fingerprint density at radius 3 is 2.68 bits per heavy atom. The zero-order valence-electron chi connectivity index (χ0n) is 12.2. The fourth-order valence-corrected chi connectivity index (χ4v) is 2.58. The highest BCUT2D eigenvalue weighted by Crippen LogP contribution is 2.20. The molecule has 2 unspecified atom stereocenters. The maximum Gasteiger partial charge on any atom is 0.240 e. The smallest absolute Gasteiger partial charge is 0.240 e. The zero-order valence-corrected chi connectivity index (χ0v) is 12.2. The summed E-state index contributed by atoms with van der Waals surface area (Å²) >= 11 is 0. The lowest BCUT2D eigenvalue weighted by Crippen LogP contribution is -2.52. The molecule has 0 aliphatic carbocycles. The topological polar surface area (TPSA) is 75.4 Å². The van der Waals surface area contributed by atoms with Crippen LogP contribution in [0.25, 0.3) is 0 Å². The van der Waals surface area contributed by atoms with E-state index in [4.69, 9.17) is 5.73 Å². The second-order valence-corrected chi connectivity index (χ2v) is 5.39.